The number of piperidine rings is 1. The highest BCUT2D eigenvalue weighted by Gasteiger charge is 2.24. The molecule has 1 aliphatic rings. The Balaban J connectivity index is 0.000000476. The maximum absolute atomic E-state index is 12.4. The van der Waals surface area contributed by atoms with Gasteiger partial charge in [-0.25, -0.2) is 9.78 Å². The first-order valence-corrected chi connectivity index (χ1v) is 16.7. The van der Waals surface area contributed by atoms with E-state index in [-0.39, 0.29) is 11.9 Å². The molecule has 244 valence electrons. The van der Waals surface area contributed by atoms with Crippen molar-refractivity contribution in [3.63, 3.8) is 0 Å². The van der Waals surface area contributed by atoms with E-state index in [1.54, 1.807) is 18.4 Å². The first-order chi connectivity index (χ1) is 21.2. The van der Waals surface area contributed by atoms with Gasteiger partial charge in [-0.05, 0) is 83.8 Å². The molecule has 9 heteroatoms. The number of aromatic nitrogens is 1. The minimum absolute atomic E-state index is 0.0348. The highest BCUT2D eigenvalue weighted by atomic mass is 32.1. The van der Waals surface area contributed by atoms with Gasteiger partial charge < -0.3 is 25.8 Å². The lowest BCUT2D eigenvalue weighted by Gasteiger charge is -2.30. The maximum Gasteiger partial charge on any atom is 0.317 e. The van der Waals surface area contributed by atoms with Crippen molar-refractivity contribution in [1.29, 1.82) is 0 Å². The molecule has 0 unspecified atom stereocenters. The number of nitrogens with one attached hydrogen (secondary N) is 3. The number of urea groups is 1. The molecule has 2 heterocycles. The average molecular weight is 625 g/mol. The second-order valence-corrected chi connectivity index (χ2v) is 11.7. The van der Waals surface area contributed by atoms with Crippen molar-refractivity contribution in [2.75, 3.05) is 39.5 Å². The van der Waals surface area contributed by atoms with Crippen LogP contribution in [0.1, 0.15) is 90.1 Å². The molecule has 0 saturated carbocycles. The van der Waals surface area contributed by atoms with Crippen LogP contribution in [-0.2, 0) is 11.3 Å². The molecule has 0 atom stereocenters. The normalized spacial score (nSPS) is 14.2. The van der Waals surface area contributed by atoms with Gasteiger partial charge in [0, 0.05) is 68.2 Å². The van der Waals surface area contributed by atoms with Gasteiger partial charge in [0.15, 0.2) is 0 Å². The zero-order valence-corrected chi connectivity index (χ0v) is 29.3. The molecular weight excluding hydrogens is 568 g/mol. The minimum atomic E-state index is 0.0348. The number of amides is 3. The van der Waals surface area contributed by atoms with Gasteiger partial charge in [0.1, 0.15) is 0 Å². The Morgan fingerprint density at radius 3 is 2.41 bits per heavy atom. The first kappa shape index (κ1) is 38.6. The van der Waals surface area contributed by atoms with Gasteiger partial charge in [0.25, 0.3) is 0 Å². The van der Waals surface area contributed by atoms with Crippen LogP contribution in [0.3, 0.4) is 0 Å². The summed E-state index contributed by atoms with van der Waals surface area (Å²) in [5, 5.41) is 12.2. The van der Waals surface area contributed by atoms with E-state index in [0.717, 1.165) is 55.9 Å². The van der Waals surface area contributed by atoms with E-state index in [1.165, 1.54) is 16.1 Å². The lowest BCUT2D eigenvalue weighted by atomic mass is 9.98. The molecular formula is C35H56N6O2S. The summed E-state index contributed by atoms with van der Waals surface area (Å²) >= 11 is 1.71. The van der Waals surface area contributed by atoms with Crippen LogP contribution in [0.15, 0.2) is 71.0 Å². The molecule has 0 aliphatic carbocycles. The predicted molar refractivity (Wildman–Crippen MR) is 188 cm³/mol. The summed E-state index contributed by atoms with van der Waals surface area (Å²) in [6.07, 6.45) is 12.3. The van der Waals surface area contributed by atoms with Gasteiger partial charge in [0.05, 0.1) is 5.01 Å². The van der Waals surface area contributed by atoms with Crippen LogP contribution in [0.2, 0.25) is 0 Å². The number of likely N-dealkylation sites (tertiary alicyclic amines) is 1. The molecule has 3 N–H and O–H groups in total. The Morgan fingerprint density at radius 1 is 1.14 bits per heavy atom. The van der Waals surface area contributed by atoms with E-state index in [0.29, 0.717) is 18.8 Å². The van der Waals surface area contributed by atoms with Gasteiger partial charge in [-0.15, -0.1) is 11.3 Å². The van der Waals surface area contributed by atoms with Crippen LogP contribution in [0, 0.1) is 0 Å². The van der Waals surface area contributed by atoms with Crippen LogP contribution in [-0.4, -0.2) is 61.0 Å². The van der Waals surface area contributed by atoms with Crippen molar-refractivity contribution < 1.29 is 9.59 Å². The third-order valence-electron chi connectivity index (χ3n) is 7.05. The van der Waals surface area contributed by atoms with Crippen LogP contribution in [0.5, 0.6) is 0 Å². The number of carbonyl (C=O) groups is 2. The molecule has 1 fully saturated rings. The summed E-state index contributed by atoms with van der Waals surface area (Å²) < 4.78 is 0. The number of rotatable bonds is 11. The average Bonchev–Trinajstić information content (AvgIpc) is 3.57. The number of benzene rings is 1. The van der Waals surface area contributed by atoms with E-state index >= 15 is 0 Å². The topological polar surface area (TPSA) is 89.6 Å². The monoisotopic (exact) mass is 624 g/mol. The number of hydrogen-bond acceptors (Lipinski definition) is 6. The van der Waals surface area contributed by atoms with Crippen molar-refractivity contribution in [3.8, 4) is 0 Å². The second kappa shape index (κ2) is 22.1. The quantitative estimate of drug-likeness (QED) is 0.221. The summed E-state index contributed by atoms with van der Waals surface area (Å²) in [5.41, 5.74) is 5.52. The Hall–Kier alpha value is -3.43. The van der Waals surface area contributed by atoms with E-state index in [2.05, 4.69) is 51.8 Å². The van der Waals surface area contributed by atoms with E-state index in [1.807, 2.05) is 88.7 Å². The molecule has 2 aromatic rings. The fraction of sp³-hybridized carbons (Fsp3) is 0.514. The smallest absolute Gasteiger partial charge is 0.317 e. The van der Waals surface area contributed by atoms with Gasteiger partial charge in [-0.1, -0.05) is 50.6 Å². The van der Waals surface area contributed by atoms with Crippen molar-refractivity contribution in [2.45, 2.75) is 86.1 Å². The Kier molecular flexibility index (Phi) is 19.4. The van der Waals surface area contributed by atoms with Gasteiger partial charge in [-0.3, -0.25) is 4.79 Å². The highest BCUT2D eigenvalue weighted by molar-refractivity contribution is 7.09. The molecule has 8 nitrogen and oxygen atoms in total. The minimum Gasteiger partial charge on any atom is -0.365 e. The van der Waals surface area contributed by atoms with Crippen molar-refractivity contribution in [2.24, 2.45) is 0 Å². The maximum atomic E-state index is 12.4. The van der Waals surface area contributed by atoms with Gasteiger partial charge in [-0.2, -0.15) is 0 Å². The van der Waals surface area contributed by atoms with Crippen molar-refractivity contribution in [1.82, 2.24) is 25.4 Å². The lowest BCUT2D eigenvalue weighted by molar-refractivity contribution is -0.116. The molecule has 3 amide bonds. The summed E-state index contributed by atoms with van der Waals surface area (Å²) in [6.45, 7) is 14.8. The summed E-state index contributed by atoms with van der Waals surface area (Å²) in [4.78, 5) is 32.1. The van der Waals surface area contributed by atoms with Gasteiger partial charge in [0.2, 0.25) is 5.91 Å². The summed E-state index contributed by atoms with van der Waals surface area (Å²) in [5.74, 6) is 0.584. The fourth-order valence-corrected chi connectivity index (χ4v) is 5.42. The molecule has 3 rings (SSSR count). The third-order valence-corrected chi connectivity index (χ3v) is 7.99. The first-order valence-electron chi connectivity index (χ1n) is 15.8. The molecule has 1 aromatic heterocycles. The highest BCUT2D eigenvalue weighted by Crippen LogP contribution is 2.29. The SMILES string of the molecule is C/C=C(\C)N/C=C(CCC(=O)Nc1cccc(CN(C)C)c1)\C(C)=C\CC.CC.CNC(=O)N1CCC(c2nccs2)CC1. The van der Waals surface area contributed by atoms with Crippen molar-refractivity contribution in [3.05, 3.63) is 81.6 Å². The van der Waals surface area contributed by atoms with Crippen molar-refractivity contribution >= 4 is 29.0 Å². The Bertz CT molecular complexity index is 1200. The standard InChI is InChI=1S/C23H35N3O.C10H15N3OS.C2H6/c1-7-10-18(3)21(16-24-19(4)8-2)13-14-23(27)25-22-12-9-11-20(15-22)17-26(5)6;1-11-10(14)13-5-2-8(3-6-13)9-12-4-7-15-9;1-2/h8-12,15-16,24H,7,13-14,17H2,1-6H3,(H,25,27);4,7-8H,2-3,5-6H2,1H3,(H,11,14);1-2H3/b18-10+,19-8+,21-16-;;. The molecule has 0 spiro atoms. The molecule has 44 heavy (non-hydrogen) atoms. The molecule has 0 radical (unpaired) electrons. The zero-order chi connectivity index (χ0) is 32.9. The van der Waals surface area contributed by atoms with E-state index in [9.17, 15) is 9.59 Å². The predicted octanol–water partition coefficient (Wildman–Crippen LogP) is 7.91. The Morgan fingerprint density at radius 2 is 1.84 bits per heavy atom. The number of hydrogen-bond donors (Lipinski definition) is 3. The number of allylic oxidation sites excluding steroid dienone is 5. The van der Waals surface area contributed by atoms with Crippen LogP contribution < -0.4 is 16.0 Å². The van der Waals surface area contributed by atoms with E-state index < -0.39 is 0 Å². The third kappa shape index (κ3) is 14.8. The summed E-state index contributed by atoms with van der Waals surface area (Å²) in [6, 6.07) is 8.07. The number of carbonyl (C=O) groups excluding carboxylic acids is 2. The van der Waals surface area contributed by atoms with E-state index in [4.69, 9.17) is 0 Å². The zero-order valence-electron chi connectivity index (χ0n) is 28.5. The summed E-state index contributed by atoms with van der Waals surface area (Å²) in [7, 11) is 5.75. The number of nitrogens with zero attached hydrogens (tertiary/aromatic N) is 3. The molecule has 1 aliphatic heterocycles. The van der Waals surface area contributed by atoms with Crippen LogP contribution >= 0.6 is 11.3 Å². The largest absolute Gasteiger partial charge is 0.365 e. The second-order valence-electron chi connectivity index (χ2n) is 10.8. The molecule has 1 saturated heterocycles. The van der Waals surface area contributed by atoms with Crippen LogP contribution in [0.4, 0.5) is 10.5 Å². The number of anilines is 1. The number of thiazole rings is 1. The lowest BCUT2D eigenvalue weighted by Crippen LogP contribution is -2.42. The molecule has 0 bridgehead atoms. The molecule has 1 aromatic carbocycles. The van der Waals surface area contributed by atoms with Gasteiger partial charge >= 0.3 is 6.03 Å². The fourth-order valence-electron chi connectivity index (χ4n) is 4.61. The Labute approximate surface area is 270 Å². The van der Waals surface area contributed by atoms with Crippen LogP contribution in [0.25, 0.3) is 0 Å².